The van der Waals surface area contributed by atoms with Crippen molar-refractivity contribution in [1.29, 1.82) is 0 Å². The molecule has 2 N–H and O–H groups in total. The van der Waals surface area contributed by atoms with Gasteiger partial charge in [0.15, 0.2) is 0 Å². The van der Waals surface area contributed by atoms with Crippen molar-refractivity contribution in [1.82, 2.24) is 8.61 Å². The van der Waals surface area contributed by atoms with Gasteiger partial charge in [0.05, 0.1) is 0 Å². The molecule has 1 unspecified atom stereocenters. The van der Waals surface area contributed by atoms with Crippen LogP contribution in [0.5, 0.6) is 0 Å². The lowest BCUT2D eigenvalue weighted by Gasteiger charge is -2.34. The Morgan fingerprint density at radius 2 is 1.94 bits per heavy atom. The number of rotatable bonds is 4. The molecule has 1 rings (SSSR count). The summed E-state index contributed by atoms with van der Waals surface area (Å²) in [4.78, 5) is 0. The highest BCUT2D eigenvalue weighted by Crippen LogP contribution is 2.22. The van der Waals surface area contributed by atoms with E-state index in [1.54, 1.807) is 11.4 Å². The molecule has 16 heavy (non-hydrogen) atoms. The van der Waals surface area contributed by atoms with Crippen molar-refractivity contribution in [2.75, 3.05) is 26.7 Å². The van der Waals surface area contributed by atoms with Crippen LogP contribution in [0.25, 0.3) is 0 Å². The van der Waals surface area contributed by atoms with Gasteiger partial charge in [-0.1, -0.05) is 6.92 Å². The third-order valence-electron chi connectivity index (χ3n) is 3.41. The van der Waals surface area contributed by atoms with Crippen LogP contribution >= 0.6 is 0 Å². The number of piperidine rings is 1. The molecule has 0 spiro atoms. The highest BCUT2D eigenvalue weighted by molar-refractivity contribution is 7.86. The third-order valence-corrected chi connectivity index (χ3v) is 5.47. The molecule has 0 aromatic heterocycles. The summed E-state index contributed by atoms with van der Waals surface area (Å²) in [5.74, 6) is 0.457. The van der Waals surface area contributed by atoms with Gasteiger partial charge in [0.1, 0.15) is 0 Å². The van der Waals surface area contributed by atoms with E-state index in [0.29, 0.717) is 25.6 Å². The molecule has 0 radical (unpaired) electrons. The van der Waals surface area contributed by atoms with Crippen LogP contribution in [-0.4, -0.2) is 49.8 Å². The van der Waals surface area contributed by atoms with Gasteiger partial charge >= 0.3 is 0 Å². The van der Waals surface area contributed by atoms with Gasteiger partial charge in [-0.2, -0.15) is 17.0 Å². The highest BCUT2D eigenvalue weighted by Gasteiger charge is 2.31. The molecule has 1 aliphatic heterocycles. The van der Waals surface area contributed by atoms with E-state index >= 15 is 0 Å². The normalized spacial score (nSPS) is 22.6. The Bertz CT molecular complexity index is 308. The Labute approximate surface area is 98.8 Å². The van der Waals surface area contributed by atoms with Gasteiger partial charge in [-0.15, -0.1) is 0 Å². The Kier molecular flexibility index (Phi) is 4.73. The minimum atomic E-state index is -3.24. The highest BCUT2D eigenvalue weighted by atomic mass is 32.2. The largest absolute Gasteiger partial charge is 0.328 e. The van der Waals surface area contributed by atoms with Crippen molar-refractivity contribution in [2.45, 2.75) is 32.7 Å². The van der Waals surface area contributed by atoms with E-state index in [0.717, 1.165) is 12.8 Å². The molecule has 96 valence electrons. The number of hydrogen-bond donors (Lipinski definition) is 1. The zero-order chi connectivity index (χ0) is 12.3. The van der Waals surface area contributed by atoms with Gasteiger partial charge in [-0.05, 0) is 25.7 Å². The minimum Gasteiger partial charge on any atom is -0.328 e. The standard InChI is InChI=1S/C10H23N3O2S/c1-4-12(3)16(14,15)13-7-5-10(6-8-13)9(2)11/h9-10H,4-8,11H2,1-3H3. The summed E-state index contributed by atoms with van der Waals surface area (Å²) in [5.41, 5.74) is 5.83. The predicted octanol–water partition coefficient (Wildman–Crippen LogP) is 0.242. The summed E-state index contributed by atoms with van der Waals surface area (Å²) >= 11 is 0. The Morgan fingerprint density at radius 1 is 1.44 bits per heavy atom. The van der Waals surface area contributed by atoms with Crippen LogP contribution < -0.4 is 5.73 Å². The van der Waals surface area contributed by atoms with Crippen molar-refractivity contribution in [3.63, 3.8) is 0 Å². The lowest BCUT2D eigenvalue weighted by atomic mass is 9.92. The second kappa shape index (κ2) is 5.44. The van der Waals surface area contributed by atoms with Crippen LogP contribution in [0.1, 0.15) is 26.7 Å². The molecule has 1 atom stereocenters. The lowest BCUT2D eigenvalue weighted by molar-refractivity contribution is 0.240. The Hall–Kier alpha value is -0.170. The fourth-order valence-electron chi connectivity index (χ4n) is 1.99. The molecule has 0 bridgehead atoms. The van der Waals surface area contributed by atoms with Crippen molar-refractivity contribution >= 4 is 10.2 Å². The summed E-state index contributed by atoms with van der Waals surface area (Å²) in [6.45, 7) is 5.53. The molecule has 1 heterocycles. The molecule has 0 aliphatic carbocycles. The summed E-state index contributed by atoms with van der Waals surface area (Å²) < 4.78 is 27.0. The Balaban J connectivity index is 2.60. The average Bonchev–Trinajstić information content (AvgIpc) is 2.28. The molecule has 1 saturated heterocycles. The predicted molar refractivity (Wildman–Crippen MR) is 65.2 cm³/mol. The maximum absolute atomic E-state index is 12.0. The second-order valence-corrected chi connectivity index (χ2v) is 6.55. The van der Waals surface area contributed by atoms with Crippen molar-refractivity contribution < 1.29 is 8.42 Å². The maximum atomic E-state index is 12.0. The van der Waals surface area contributed by atoms with Crippen molar-refractivity contribution in [3.05, 3.63) is 0 Å². The summed E-state index contributed by atoms with van der Waals surface area (Å²) in [7, 11) is -1.62. The summed E-state index contributed by atoms with van der Waals surface area (Å²) in [6, 6.07) is 0.161. The van der Waals surface area contributed by atoms with Gasteiger partial charge in [-0.25, -0.2) is 0 Å². The quantitative estimate of drug-likeness (QED) is 0.776. The zero-order valence-corrected chi connectivity index (χ0v) is 11.2. The first-order valence-electron chi connectivity index (χ1n) is 5.86. The topological polar surface area (TPSA) is 66.6 Å². The van der Waals surface area contributed by atoms with Gasteiger partial charge in [0.2, 0.25) is 0 Å². The molecule has 0 aromatic rings. The Morgan fingerprint density at radius 3 is 2.31 bits per heavy atom. The van der Waals surface area contributed by atoms with E-state index < -0.39 is 10.2 Å². The number of nitrogens with two attached hydrogens (primary N) is 1. The van der Waals surface area contributed by atoms with Crippen LogP contribution in [0.15, 0.2) is 0 Å². The molecular weight excluding hydrogens is 226 g/mol. The molecule has 0 saturated carbocycles. The molecule has 0 aromatic carbocycles. The van der Waals surface area contributed by atoms with Gasteiger partial charge in [-0.3, -0.25) is 0 Å². The molecule has 1 aliphatic rings. The third kappa shape index (κ3) is 2.94. The van der Waals surface area contributed by atoms with Crippen molar-refractivity contribution in [2.24, 2.45) is 11.7 Å². The number of nitrogens with zero attached hydrogens (tertiary/aromatic N) is 2. The first-order valence-corrected chi connectivity index (χ1v) is 7.26. The van der Waals surface area contributed by atoms with E-state index in [1.165, 1.54) is 4.31 Å². The minimum absolute atomic E-state index is 0.161. The SMILES string of the molecule is CCN(C)S(=O)(=O)N1CCC(C(C)N)CC1. The number of hydrogen-bond acceptors (Lipinski definition) is 3. The van der Waals surface area contributed by atoms with Gasteiger partial charge < -0.3 is 5.73 Å². The van der Waals surface area contributed by atoms with E-state index in [4.69, 9.17) is 5.73 Å². The first-order chi connectivity index (χ1) is 7.39. The van der Waals surface area contributed by atoms with Gasteiger partial charge in [0.25, 0.3) is 10.2 Å². The van der Waals surface area contributed by atoms with Crippen molar-refractivity contribution in [3.8, 4) is 0 Å². The molecule has 0 amide bonds. The van der Waals surface area contributed by atoms with Crippen LogP contribution in [0.3, 0.4) is 0 Å². The van der Waals surface area contributed by atoms with Crippen LogP contribution in [0.4, 0.5) is 0 Å². The summed E-state index contributed by atoms with van der Waals surface area (Å²) in [5, 5.41) is 0. The summed E-state index contributed by atoms with van der Waals surface area (Å²) in [6.07, 6.45) is 1.74. The molecule has 5 nitrogen and oxygen atoms in total. The maximum Gasteiger partial charge on any atom is 0.281 e. The lowest BCUT2D eigenvalue weighted by Crippen LogP contribution is -2.47. The molecular formula is C10H23N3O2S. The fraction of sp³-hybridized carbons (Fsp3) is 1.00. The van der Waals surface area contributed by atoms with Gasteiger partial charge in [0, 0.05) is 32.7 Å². The van der Waals surface area contributed by atoms with E-state index in [9.17, 15) is 8.42 Å². The smallest absolute Gasteiger partial charge is 0.281 e. The second-order valence-electron chi connectivity index (χ2n) is 4.52. The van der Waals surface area contributed by atoms with E-state index in [2.05, 4.69) is 0 Å². The monoisotopic (exact) mass is 249 g/mol. The molecule has 1 fully saturated rings. The van der Waals surface area contributed by atoms with Crippen LogP contribution in [-0.2, 0) is 10.2 Å². The molecule has 6 heteroatoms. The zero-order valence-electron chi connectivity index (χ0n) is 10.4. The van der Waals surface area contributed by atoms with Crippen LogP contribution in [0, 0.1) is 5.92 Å². The van der Waals surface area contributed by atoms with E-state index in [-0.39, 0.29) is 6.04 Å². The van der Waals surface area contributed by atoms with Crippen LogP contribution in [0.2, 0.25) is 0 Å². The fourth-order valence-corrected chi connectivity index (χ4v) is 3.39. The first kappa shape index (κ1) is 13.9. The average molecular weight is 249 g/mol. The van der Waals surface area contributed by atoms with E-state index in [1.807, 2.05) is 13.8 Å².